The van der Waals surface area contributed by atoms with Crippen molar-refractivity contribution in [2.24, 2.45) is 0 Å². The van der Waals surface area contributed by atoms with Crippen molar-refractivity contribution >= 4 is 11.9 Å². The fraction of sp³-hybridized carbons (Fsp3) is 0.833. The Morgan fingerprint density at radius 2 is 2.12 bits per heavy atom. The number of hydrogen-bond acceptors (Lipinski definition) is 3. The summed E-state index contributed by atoms with van der Waals surface area (Å²) in [5.41, 5.74) is -0.485. The molecule has 5 nitrogen and oxygen atoms in total. The van der Waals surface area contributed by atoms with E-state index in [0.717, 1.165) is 38.7 Å². The van der Waals surface area contributed by atoms with Crippen LogP contribution in [-0.2, 0) is 14.3 Å². The number of carbonyl (C=O) groups is 2. The predicted molar refractivity (Wildman–Crippen MR) is 60.6 cm³/mol. The van der Waals surface area contributed by atoms with E-state index in [1.807, 2.05) is 0 Å². The molecule has 1 amide bonds. The van der Waals surface area contributed by atoms with E-state index in [1.165, 1.54) is 0 Å². The van der Waals surface area contributed by atoms with Gasteiger partial charge in [0.1, 0.15) is 0 Å². The summed E-state index contributed by atoms with van der Waals surface area (Å²) in [6, 6.07) is 0. The maximum absolute atomic E-state index is 11.8. The number of nitrogens with one attached hydrogen (secondary N) is 1. The van der Waals surface area contributed by atoms with Crippen LogP contribution in [0.5, 0.6) is 0 Å². The van der Waals surface area contributed by atoms with Crippen LogP contribution in [0.1, 0.15) is 44.9 Å². The molecule has 5 heteroatoms. The Labute approximate surface area is 101 Å². The Morgan fingerprint density at radius 1 is 1.35 bits per heavy atom. The Hall–Kier alpha value is -1.10. The van der Waals surface area contributed by atoms with Gasteiger partial charge in [0.05, 0.1) is 24.5 Å². The third-order valence-corrected chi connectivity index (χ3v) is 3.64. The molecule has 0 spiro atoms. The first-order valence-electron chi connectivity index (χ1n) is 6.24. The Kier molecular flexibility index (Phi) is 3.66. The van der Waals surface area contributed by atoms with Crippen molar-refractivity contribution in [3.8, 4) is 0 Å². The molecular weight excluding hydrogens is 222 g/mol. The van der Waals surface area contributed by atoms with E-state index in [4.69, 9.17) is 9.84 Å². The summed E-state index contributed by atoms with van der Waals surface area (Å²) >= 11 is 0. The summed E-state index contributed by atoms with van der Waals surface area (Å²) in [5.74, 6) is -0.917. The van der Waals surface area contributed by atoms with Crippen LogP contribution < -0.4 is 5.32 Å². The average molecular weight is 241 g/mol. The molecule has 0 radical (unpaired) electrons. The first-order valence-corrected chi connectivity index (χ1v) is 6.24. The second-order valence-corrected chi connectivity index (χ2v) is 5.09. The number of hydrogen-bond donors (Lipinski definition) is 2. The molecule has 2 fully saturated rings. The molecule has 1 aliphatic heterocycles. The van der Waals surface area contributed by atoms with E-state index in [-0.39, 0.29) is 18.4 Å². The number of amides is 1. The van der Waals surface area contributed by atoms with Gasteiger partial charge in [0.2, 0.25) is 5.91 Å². The molecule has 1 heterocycles. The molecule has 1 saturated carbocycles. The van der Waals surface area contributed by atoms with Crippen LogP contribution in [0.3, 0.4) is 0 Å². The molecule has 1 atom stereocenters. The van der Waals surface area contributed by atoms with Crippen LogP contribution in [0.15, 0.2) is 0 Å². The summed E-state index contributed by atoms with van der Waals surface area (Å²) in [6.07, 6.45) is 4.90. The van der Waals surface area contributed by atoms with Gasteiger partial charge in [0.15, 0.2) is 0 Å². The van der Waals surface area contributed by atoms with Gasteiger partial charge in [-0.2, -0.15) is 0 Å². The van der Waals surface area contributed by atoms with E-state index in [0.29, 0.717) is 6.42 Å². The number of carboxylic acids is 1. The van der Waals surface area contributed by atoms with Crippen LogP contribution in [0.25, 0.3) is 0 Å². The van der Waals surface area contributed by atoms with E-state index in [9.17, 15) is 9.59 Å². The third-order valence-electron chi connectivity index (χ3n) is 3.64. The lowest BCUT2D eigenvalue weighted by Crippen LogP contribution is -2.55. The van der Waals surface area contributed by atoms with E-state index < -0.39 is 11.5 Å². The normalized spacial score (nSPS) is 26.2. The van der Waals surface area contributed by atoms with Gasteiger partial charge >= 0.3 is 5.97 Å². The maximum atomic E-state index is 11.8. The standard InChI is InChI=1S/C12H19NO4/c14-10(7-9-3-1-6-17-9)13-12(4-2-5-12)8-11(15)16/h9H,1-8H2,(H,13,14)(H,15,16). The zero-order chi connectivity index (χ0) is 12.3. The molecule has 1 unspecified atom stereocenters. The van der Waals surface area contributed by atoms with Crippen LogP contribution in [0, 0.1) is 0 Å². The third kappa shape index (κ3) is 3.19. The lowest BCUT2D eigenvalue weighted by molar-refractivity contribution is -0.140. The van der Waals surface area contributed by atoms with Crippen LogP contribution in [-0.4, -0.2) is 35.2 Å². The van der Waals surface area contributed by atoms with Gasteiger partial charge in [-0.05, 0) is 32.1 Å². The fourth-order valence-corrected chi connectivity index (χ4v) is 2.60. The highest BCUT2D eigenvalue weighted by atomic mass is 16.5. The highest BCUT2D eigenvalue weighted by molar-refractivity contribution is 5.79. The average Bonchev–Trinajstić information content (AvgIpc) is 2.66. The second-order valence-electron chi connectivity index (χ2n) is 5.09. The highest BCUT2D eigenvalue weighted by Crippen LogP contribution is 2.35. The number of rotatable bonds is 5. The summed E-state index contributed by atoms with van der Waals surface area (Å²) in [7, 11) is 0. The first kappa shape index (κ1) is 12.4. The van der Waals surface area contributed by atoms with Crippen molar-refractivity contribution in [3.05, 3.63) is 0 Å². The molecule has 1 aliphatic carbocycles. The Morgan fingerprint density at radius 3 is 2.59 bits per heavy atom. The van der Waals surface area contributed by atoms with Crippen molar-refractivity contribution in [1.29, 1.82) is 0 Å². The Bertz CT molecular complexity index is 306. The highest BCUT2D eigenvalue weighted by Gasteiger charge is 2.40. The van der Waals surface area contributed by atoms with Crippen LogP contribution in [0.2, 0.25) is 0 Å². The first-order chi connectivity index (χ1) is 8.10. The molecule has 2 N–H and O–H groups in total. The second kappa shape index (κ2) is 5.04. The van der Waals surface area contributed by atoms with Gasteiger partial charge in [-0.1, -0.05) is 0 Å². The topological polar surface area (TPSA) is 75.6 Å². The number of carboxylic acid groups (broad SMARTS) is 1. The van der Waals surface area contributed by atoms with Crippen molar-refractivity contribution in [2.45, 2.75) is 56.6 Å². The number of carbonyl (C=O) groups excluding carboxylic acids is 1. The minimum absolute atomic E-state index is 0.0250. The fourth-order valence-electron chi connectivity index (χ4n) is 2.60. The number of ether oxygens (including phenoxy) is 1. The van der Waals surface area contributed by atoms with Gasteiger partial charge in [-0.25, -0.2) is 0 Å². The zero-order valence-electron chi connectivity index (χ0n) is 9.91. The van der Waals surface area contributed by atoms with Gasteiger partial charge in [-0.15, -0.1) is 0 Å². The van der Waals surface area contributed by atoms with Crippen molar-refractivity contribution in [2.75, 3.05) is 6.61 Å². The molecule has 1 saturated heterocycles. The van der Waals surface area contributed by atoms with Crippen LogP contribution >= 0.6 is 0 Å². The summed E-state index contributed by atoms with van der Waals surface area (Å²) in [5, 5.41) is 11.7. The van der Waals surface area contributed by atoms with Crippen LogP contribution in [0.4, 0.5) is 0 Å². The van der Waals surface area contributed by atoms with Gasteiger partial charge in [-0.3, -0.25) is 9.59 Å². The molecular formula is C12H19NO4. The monoisotopic (exact) mass is 241 g/mol. The largest absolute Gasteiger partial charge is 0.481 e. The molecule has 2 aliphatic rings. The molecule has 96 valence electrons. The molecule has 17 heavy (non-hydrogen) atoms. The maximum Gasteiger partial charge on any atom is 0.305 e. The minimum Gasteiger partial charge on any atom is -0.481 e. The quantitative estimate of drug-likeness (QED) is 0.755. The lowest BCUT2D eigenvalue weighted by Gasteiger charge is -2.41. The zero-order valence-corrected chi connectivity index (χ0v) is 9.91. The summed E-state index contributed by atoms with van der Waals surface area (Å²) in [6.45, 7) is 0.734. The minimum atomic E-state index is -0.845. The van der Waals surface area contributed by atoms with Crippen molar-refractivity contribution < 1.29 is 19.4 Å². The molecule has 0 bridgehead atoms. The molecule has 0 aromatic rings. The Balaban J connectivity index is 1.81. The molecule has 0 aromatic heterocycles. The van der Waals surface area contributed by atoms with Crippen molar-refractivity contribution in [3.63, 3.8) is 0 Å². The van der Waals surface area contributed by atoms with E-state index in [1.54, 1.807) is 0 Å². The van der Waals surface area contributed by atoms with E-state index >= 15 is 0 Å². The SMILES string of the molecule is O=C(O)CC1(NC(=O)CC2CCCO2)CCC1. The van der Waals surface area contributed by atoms with Gasteiger partial charge in [0, 0.05) is 6.61 Å². The van der Waals surface area contributed by atoms with Gasteiger partial charge < -0.3 is 15.2 Å². The van der Waals surface area contributed by atoms with E-state index in [2.05, 4.69) is 5.32 Å². The van der Waals surface area contributed by atoms with Crippen molar-refractivity contribution in [1.82, 2.24) is 5.32 Å². The molecule has 2 rings (SSSR count). The number of aliphatic carboxylic acids is 1. The smallest absolute Gasteiger partial charge is 0.305 e. The summed E-state index contributed by atoms with van der Waals surface area (Å²) in [4.78, 5) is 22.6. The molecule has 0 aromatic carbocycles. The van der Waals surface area contributed by atoms with Gasteiger partial charge in [0.25, 0.3) is 0 Å². The lowest BCUT2D eigenvalue weighted by atomic mass is 9.74. The summed E-state index contributed by atoms with van der Waals surface area (Å²) < 4.78 is 5.39. The predicted octanol–water partition coefficient (Wildman–Crippen LogP) is 1.07.